The van der Waals surface area contributed by atoms with E-state index in [1.54, 1.807) is 12.5 Å². The van der Waals surface area contributed by atoms with Crippen molar-refractivity contribution in [1.82, 2.24) is 4.98 Å². The van der Waals surface area contributed by atoms with Gasteiger partial charge in [-0.25, -0.2) is 0 Å². The smallest absolute Gasteiger partial charge is 0.152 e. The van der Waals surface area contributed by atoms with E-state index in [4.69, 9.17) is 4.42 Å². The summed E-state index contributed by atoms with van der Waals surface area (Å²) in [6.07, 6.45) is 7.31. The lowest BCUT2D eigenvalue weighted by Gasteiger charge is -1.98. The molecule has 0 fully saturated rings. The van der Waals surface area contributed by atoms with Crippen LogP contribution in [-0.4, -0.2) is 11.2 Å². The molecule has 0 atom stereocenters. The van der Waals surface area contributed by atoms with Crippen molar-refractivity contribution in [1.29, 1.82) is 0 Å². The monoisotopic (exact) mass is 262 g/mol. The van der Waals surface area contributed by atoms with Crippen molar-refractivity contribution >= 4 is 18.0 Å². The van der Waals surface area contributed by atoms with E-state index in [2.05, 4.69) is 9.98 Å². The Kier molecular flexibility index (Phi) is 3.60. The number of aromatic amines is 1. The van der Waals surface area contributed by atoms with Crippen molar-refractivity contribution in [3.63, 3.8) is 0 Å². The molecule has 0 aliphatic carbocycles. The van der Waals surface area contributed by atoms with E-state index >= 15 is 0 Å². The lowest BCUT2D eigenvalue weighted by molar-refractivity contribution is 0.552. The SMILES string of the molecule is C(=N/C(=C\c1ccccc1)c1ccco1)c1ccc[nH]1. The Labute approximate surface area is 117 Å². The van der Waals surface area contributed by atoms with Crippen molar-refractivity contribution in [2.24, 2.45) is 4.99 Å². The molecule has 0 amide bonds. The van der Waals surface area contributed by atoms with E-state index in [9.17, 15) is 0 Å². The molecular formula is C17H14N2O. The summed E-state index contributed by atoms with van der Waals surface area (Å²) >= 11 is 0. The summed E-state index contributed by atoms with van der Waals surface area (Å²) in [4.78, 5) is 7.61. The molecule has 0 saturated heterocycles. The molecule has 3 heteroatoms. The fourth-order valence-corrected chi connectivity index (χ4v) is 1.87. The first kappa shape index (κ1) is 12.2. The Balaban J connectivity index is 1.95. The van der Waals surface area contributed by atoms with Crippen LogP contribution in [0.3, 0.4) is 0 Å². The maximum Gasteiger partial charge on any atom is 0.152 e. The topological polar surface area (TPSA) is 41.3 Å². The number of aromatic nitrogens is 1. The number of rotatable bonds is 4. The van der Waals surface area contributed by atoms with Crippen LogP contribution in [0.2, 0.25) is 0 Å². The Morgan fingerprint density at radius 3 is 2.60 bits per heavy atom. The fourth-order valence-electron chi connectivity index (χ4n) is 1.87. The minimum absolute atomic E-state index is 0.747. The van der Waals surface area contributed by atoms with Gasteiger partial charge in [0.1, 0.15) is 5.70 Å². The largest absolute Gasteiger partial charge is 0.463 e. The van der Waals surface area contributed by atoms with Crippen molar-refractivity contribution in [3.05, 3.63) is 84.1 Å². The van der Waals surface area contributed by atoms with Gasteiger partial charge >= 0.3 is 0 Å². The van der Waals surface area contributed by atoms with E-state index in [0.717, 1.165) is 22.7 Å². The van der Waals surface area contributed by atoms with Crippen molar-refractivity contribution in [2.45, 2.75) is 0 Å². The van der Waals surface area contributed by atoms with Crippen LogP contribution in [0.25, 0.3) is 11.8 Å². The molecule has 3 rings (SSSR count). The molecule has 20 heavy (non-hydrogen) atoms. The molecule has 2 aromatic heterocycles. The van der Waals surface area contributed by atoms with Crippen molar-refractivity contribution < 1.29 is 4.42 Å². The molecule has 0 saturated carbocycles. The van der Waals surface area contributed by atoms with E-state index < -0.39 is 0 Å². The molecule has 98 valence electrons. The summed E-state index contributed by atoms with van der Waals surface area (Å²) in [5.41, 5.74) is 2.83. The summed E-state index contributed by atoms with van der Waals surface area (Å²) in [5.74, 6) is 0.747. The Morgan fingerprint density at radius 2 is 1.90 bits per heavy atom. The molecule has 1 N–H and O–H groups in total. The predicted molar refractivity (Wildman–Crippen MR) is 81.4 cm³/mol. The van der Waals surface area contributed by atoms with Crippen LogP contribution in [0.5, 0.6) is 0 Å². The van der Waals surface area contributed by atoms with Gasteiger partial charge < -0.3 is 9.40 Å². The molecule has 0 unspecified atom stereocenters. The standard InChI is InChI=1S/C17H14N2O/c1-2-6-14(7-3-1)12-16(17-9-5-11-20-17)19-13-15-8-4-10-18-15/h1-13,18H/b16-12-,19-13?. The Morgan fingerprint density at radius 1 is 1.00 bits per heavy atom. The van der Waals surface area contributed by atoms with Gasteiger partial charge in [-0.15, -0.1) is 0 Å². The van der Waals surface area contributed by atoms with E-state index in [0.29, 0.717) is 0 Å². The third kappa shape index (κ3) is 2.95. The number of nitrogens with zero attached hydrogens (tertiary/aromatic N) is 1. The first-order chi connectivity index (χ1) is 9.92. The van der Waals surface area contributed by atoms with Gasteiger partial charge in [-0.05, 0) is 35.9 Å². The van der Waals surface area contributed by atoms with Gasteiger partial charge in [0.05, 0.1) is 18.2 Å². The zero-order valence-electron chi connectivity index (χ0n) is 10.9. The van der Waals surface area contributed by atoms with Crippen LogP contribution in [0.4, 0.5) is 0 Å². The van der Waals surface area contributed by atoms with Crippen LogP contribution in [0, 0.1) is 0 Å². The number of H-pyrrole nitrogens is 1. The molecule has 0 radical (unpaired) electrons. The molecule has 0 bridgehead atoms. The quantitative estimate of drug-likeness (QED) is 0.702. The number of nitrogens with one attached hydrogen (secondary N) is 1. The maximum absolute atomic E-state index is 5.45. The van der Waals surface area contributed by atoms with Gasteiger partial charge in [-0.1, -0.05) is 30.3 Å². The summed E-state index contributed by atoms with van der Waals surface area (Å²) in [6.45, 7) is 0. The van der Waals surface area contributed by atoms with Gasteiger partial charge in [0.25, 0.3) is 0 Å². The van der Waals surface area contributed by atoms with Crippen LogP contribution in [-0.2, 0) is 0 Å². The molecule has 1 aromatic carbocycles. The zero-order chi connectivity index (χ0) is 13.6. The predicted octanol–water partition coefficient (Wildman–Crippen LogP) is 4.22. The fraction of sp³-hybridized carbons (Fsp3) is 0. The maximum atomic E-state index is 5.45. The zero-order valence-corrected chi connectivity index (χ0v) is 10.9. The van der Waals surface area contributed by atoms with Crippen molar-refractivity contribution in [2.75, 3.05) is 0 Å². The summed E-state index contributed by atoms with van der Waals surface area (Å²) in [6, 6.07) is 17.7. The van der Waals surface area contributed by atoms with Gasteiger partial charge in [0, 0.05) is 6.20 Å². The van der Waals surface area contributed by atoms with Crippen LogP contribution >= 0.6 is 0 Å². The Bertz CT molecular complexity index is 693. The highest BCUT2D eigenvalue weighted by atomic mass is 16.3. The van der Waals surface area contributed by atoms with Crippen LogP contribution in [0.1, 0.15) is 17.0 Å². The number of benzene rings is 1. The van der Waals surface area contributed by atoms with Crippen LogP contribution in [0.15, 0.2) is 76.5 Å². The molecular weight excluding hydrogens is 248 g/mol. The highest BCUT2D eigenvalue weighted by Crippen LogP contribution is 2.20. The highest BCUT2D eigenvalue weighted by Gasteiger charge is 2.03. The second-order valence-corrected chi connectivity index (χ2v) is 4.30. The summed E-state index contributed by atoms with van der Waals surface area (Å²) in [7, 11) is 0. The number of hydrogen-bond acceptors (Lipinski definition) is 2. The lowest BCUT2D eigenvalue weighted by Crippen LogP contribution is -1.83. The second kappa shape index (κ2) is 5.89. The first-order valence-electron chi connectivity index (χ1n) is 6.40. The minimum Gasteiger partial charge on any atom is -0.463 e. The normalized spacial score (nSPS) is 12.1. The van der Waals surface area contributed by atoms with Gasteiger partial charge in [0.15, 0.2) is 5.76 Å². The summed E-state index contributed by atoms with van der Waals surface area (Å²) in [5, 5.41) is 0. The lowest BCUT2D eigenvalue weighted by atomic mass is 10.2. The third-order valence-corrected chi connectivity index (χ3v) is 2.84. The molecule has 3 nitrogen and oxygen atoms in total. The van der Waals surface area contributed by atoms with E-state index in [1.165, 1.54) is 0 Å². The minimum atomic E-state index is 0.747. The molecule has 0 spiro atoms. The molecule has 3 aromatic rings. The average Bonchev–Trinajstić information content (AvgIpc) is 3.18. The average molecular weight is 262 g/mol. The second-order valence-electron chi connectivity index (χ2n) is 4.30. The molecule has 0 aliphatic heterocycles. The summed E-state index contributed by atoms with van der Waals surface area (Å²) < 4.78 is 5.45. The number of hydrogen-bond donors (Lipinski definition) is 1. The Hall–Kier alpha value is -2.81. The highest BCUT2D eigenvalue weighted by molar-refractivity contribution is 5.88. The van der Waals surface area contributed by atoms with Crippen LogP contribution < -0.4 is 0 Å². The third-order valence-electron chi connectivity index (χ3n) is 2.84. The molecule has 2 heterocycles. The van der Waals surface area contributed by atoms with Gasteiger partial charge in [-0.3, -0.25) is 4.99 Å². The first-order valence-corrected chi connectivity index (χ1v) is 6.40. The molecule has 0 aliphatic rings. The number of aliphatic imine (C=N–C) groups is 1. The number of furan rings is 1. The van der Waals surface area contributed by atoms with E-state index in [-0.39, 0.29) is 0 Å². The van der Waals surface area contributed by atoms with Gasteiger partial charge in [0.2, 0.25) is 0 Å². The van der Waals surface area contributed by atoms with Gasteiger partial charge in [-0.2, -0.15) is 0 Å². The van der Waals surface area contributed by atoms with E-state index in [1.807, 2.05) is 66.9 Å². The van der Waals surface area contributed by atoms with Crippen molar-refractivity contribution in [3.8, 4) is 0 Å².